The van der Waals surface area contributed by atoms with Gasteiger partial charge in [0.2, 0.25) is 0 Å². The number of carbonyl (C=O) groups is 1. The molecular formula is C10H8Cl2O2. The number of ether oxygens (including phenoxy) is 1. The quantitative estimate of drug-likeness (QED) is 0.586. The molecule has 0 spiro atoms. The average Bonchev–Trinajstić information content (AvgIpc) is 2.19. The lowest BCUT2D eigenvalue weighted by Gasteiger charge is -2.07. The highest BCUT2D eigenvalue weighted by molar-refractivity contribution is 6.42. The van der Waals surface area contributed by atoms with Crippen LogP contribution in [0.25, 0.3) is 0 Å². The predicted molar refractivity (Wildman–Crippen MR) is 57.5 cm³/mol. The highest BCUT2D eigenvalue weighted by Crippen LogP contribution is 2.29. The molecule has 0 atom stereocenters. The minimum atomic E-state index is 0.318. The molecule has 1 aromatic carbocycles. The summed E-state index contributed by atoms with van der Waals surface area (Å²) in [7, 11) is 0. The van der Waals surface area contributed by atoms with Crippen LogP contribution in [0.4, 0.5) is 0 Å². The van der Waals surface area contributed by atoms with Gasteiger partial charge in [-0.05, 0) is 6.07 Å². The van der Waals surface area contributed by atoms with E-state index in [1.807, 2.05) is 0 Å². The van der Waals surface area contributed by atoms with Gasteiger partial charge in [0, 0.05) is 6.07 Å². The predicted octanol–water partition coefficient (Wildman–Crippen LogP) is 3.37. The van der Waals surface area contributed by atoms with E-state index in [0.717, 1.165) is 0 Å². The number of benzene rings is 1. The summed E-state index contributed by atoms with van der Waals surface area (Å²) in [5, 5.41) is 0.691. The van der Waals surface area contributed by atoms with Gasteiger partial charge in [-0.2, -0.15) is 0 Å². The van der Waals surface area contributed by atoms with E-state index in [1.165, 1.54) is 12.1 Å². The first-order valence-corrected chi connectivity index (χ1v) is 4.62. The molecule has 0 aliphatic carbocycles. The third-order valence-corrected chi connectivity index (χ3v) is 2.26. The van der Waals surface area contributed by atoms with E-state index in [-0.39, 0.29) is 0 Å². The van der Waals surface area contributed by atoms with Crippen LogP contribution in [0, 0.1) is 0 Å². The van der Waals surface area contributed by atoms with Crippen molar-refractivity contribution < 1.29 is 9.53 Å². The molecule has 2 nitrogen and oxygen atoms in total. The lowest BCUT2D eigenvalue weighted by Crippen LogP contribution is -1.96. The Morgan fingerprint density at radius 1 is 1.36 bits per heavy atom. The third kappa shape index (κ3) is 2.50. The Bertz CT molecular complexity index is 361. The number of aldehydes is 1. The second-order valence-electron chi connectivity index (χ2n) is 2.52. The Kier molecular flexibility index (Phi) is 3.98. The monoisotopic (exact) mass is 230 g/mol. The molecule has 0 fully saturated rings. The smallest absolute Gasteiger partial charge is 0.153 e. The summed E-state index contributed by atoms with van der Waals surface area (Å²) in [5.74, 6) is 0.411. The number of rotatable bonds is 4. The maximum atomic E-state index is 10.6. The molecule has 0 saturated heterocycles. The number of carbonyl (C=O) groups excluding carboxylic acids is 1. The normalized spacial score (nSPS) is 9.57. The molecule has 4 heteroatoms. The molecule has 0 heterocycles. The van der Waals surface area contributed by atoms with E-state index in [0.29, 0.717) is 34.3 Å². The van der Waals surface area contributed by atoms with Crippen LogP contribution in [0.3, 0.4) is 0 Å². The first kappa shape index (κ1) is 11.1. The maximum absolute atomic E-state index is 10.6. The van der Waals surface area contributed by atoms with Crippen molar-refractivity contribution in [2.24, 2.45) is 0 Å². The minimum Gasteiger partial charge on any atom is -0.489 e. The van der Waals surface area contributed by atoms with Crippen LogP contribution in [-0.2, 0) is 0 Å². The van der Waals surface area contributed by atoms with Crippen LogP contribution < -0.4 is 4.74 Å². The van der Waals surface area contributed by atoms with Crippen molar-refractivity contribution in [2.75, 3.05) is 6.61 Å². The standard InChI is InChI=1S/C10H8Cl2O2/c1-2-3-14-10-5-9(12)8(11)4-7(10)6-13/h2,4-6H,1,3H2. The molecule has 0 aliphatic heterocycles. The molecule has 0 aliphatic rings. The first-order chi connectivity index (χ1) is 6.69. The van der Waals surface area contributed by atoms with Gasteiger partial charge in [0.15, 0.2) is 6.29 Å². The van der Waals surface area contributed by atoms with Crippen molar-refractivity contribution in [3.05, 3.63) is 40.4 Å². The van der Waals surface area contributed by atoms with Gasteiger partial charge in [0.1, 0.15) is 12.4 Å². The van der Waals surface area contributed by atoms with Crippen LogP contribution in [0.1, 0.15) is 10.4 Å². The topological polar surface area (TPSA) is 26.3 Å². The summed E-state index contributed by atoms with van der Waals surface area (Å²) in [4.78, 5) is 10.6. The van der Waals surface area contributed by atoms with Gasteiger partial charge in [-0.25, -0.2) is 0 Å². The Balaban J connectivity index is 3.06. The van der Waals surface area contributed by atoms with Crippen molar-refractivity contribution in [1.29, 1.82) is 0 Å². The summed E-state index contributed by atoms with van der Waals surface area (Å²) < 4.78 is 5.22. The molecule has 0 aromatic heterocycles. The number of hydrogen-bond acceptors (Lipinski definition) is 2. The fourth-order valence-electron chi connectivity index (χ4n) is 0.910. The second-order valence-corrected chi connectivity index (χ2v) is 3.34. The van der Waals surface area contributed by atoms with Crippen molar-refractivity contribution in [2.45, 2.75) is 0 Å². The average molecular weight is 231 g/mol. The molecule has 0 N–H and O–H groups in total. The highest BCUT2D eigenvalue weighted by atomic mass is 35.5. The van der Waals surface area contributed by atoms with Crippen molar-refractivity contribution in [3.63, 3.8) is 0 Å². The van der Waals surface area contributed by atoms with Gasteiger partial charge < -0.3 is 4.74 Å². The van der Waals surface area contributed by atoms with Gasteiger partial charge in [0.05, 0.1) is 15.6 Å². The SMILES string of the molecule is C=CCOc1cc(Cl)c(Cl)cc1C=O. The minimum absolute atomic E-state index is 0.318. The second kappa shape index (κ2) is 5.03. The molecule has 0 saturated carbocycles. The lowest BCUT2D eigenvalue weighted by molar-refractivity contribution is 0.112. The Hall–Kier alpha value is -0.990. The van der Waals surface area contributed by atoms with Gasteiger partial charge in [-0.15, -0.1) is 0 Å². The number of hydrogen-bond donors (Lipinski definition) is 0. The first-order valence-electron chi connectivity index (χ1n) is 3.87. The summed E-state index contributed by atoms with van der Waals surface area (Å²) in [6.45, 7) is 3.82. The third-order valence-electron chi connectivity index (χ3n) is 1.54. The number of halogens is 2. The van der Waals surface area contributed by atoms with E-state index < -0.39 is 0 Å². The van der Waals surface area contributed by atoms with Crippen LogP contribution >= 0.6 is 23.2 Å². The van der Waals surface area contributed by atoms with Crippen LogP contribution in [-0.4, -0.2) is 12.9 Å². The highest BCUT2D eigenvalue weighted by Gasteiger charge is 2.07. The van der Waals surface area contributed by atoms with Crippen LogP contribution in [0.5, 0.6) is 5.75 Å². The summed E-state index contributed by atoms with van der Waals surface area (Å²) in [6, 6.07) is 2.98. The maximum Gasteiger partial charge on any atom is 0.153 e. The van der Waals surface area contributed by atoms with E-state index in [9.17, 15) is 4.79 Å². The lowest BCUT2D eigenvalue weighted by atomic mass is 10.2. The van der Waals surface area contributed by atoms with E-state index in [2.05, 4.69) is 6.58 Å². The van der Waals surface area contributed by atoms with Crippen molar-refractivity contribution in [3.8, 4) is 5.75 Å². The van der Waals surface area contributed by atoms with E-state index >= 15 is 0 Å². The fourth-order valence-corrected chi connectivity index (χ4v) is 1.24. The molecule has 1 rings (SSSR count). The molecule has 0 radical (unpaired) electrons. The van der Waals surface area contributed by atoms with Gasteiger partial charge >= 0.3 is 0 Å². The zero-order chi connectivity index (χ0) is 10.6. The van der Waals surface area contributed by atoms with Crippen molar-refractivity contribution in [1.82, 2.24) is 0 Å². The molecular weight excluding hydrogens is 223 g/mol. The van der Waals surface area contributed by atoms with E-state index in [1.54, 1.807) is 6.08 Å². The van der Waals surface area contributed by atoms with E-state index in [4.69, 9.17) is 27.9 Å². The van der Waals surface area contributed by atoms with Gasteiger partial charge in [-0.1, -0.05) is 35.9 Å². The summed E-state index contributed by atoms with van der Waals surface area (Å²) in [6.07, 6.45) is 2.25. The molecule has 14 heavy (non-hydrogen) atoms. The largest absolute Gasteiger partial charge is 0.489 e. The summed E-state index contributed by atoms with van der Waals surface area (Å²) in [5.41, 5.74) is 0.376. The Morgan fingerprint density at radius 2 is 2.00 bits per heavy atom. The van der Waals surface area contributed by atoms with Gasteiger partial charge in [-0.3, -0.25) is 4.79 Å². The molecule has 0 bridgehead atoms. The molecule has 0 unspecified atom stereocenters. The van der Waals surface area contributed by atoms with Gasteiger partial charge in [0.25, 0.3) is 0 Å². The molecule has 1 aromatic rings. The van der Waals surface area contributed by atoms with Crippen LogP contribution in [0.2, 0.25) is 10.0 Å². The fraction of sp³-hybridized carbons (Fsp3) is 0.100. The summed E-state index contributed by atoms with van der Waals surface area (Å²) >= 11 is 11.5. The van der Waals surface area contributed by atoms with Crippen molar-refractivity contribution >= 4 is 29.5 Å². The molecule has 0 amide bonds. The van der Waals surface area contributed by atoms with Crippen LogP contribution in [0.15, 0.2) is 24.8 Å². The zero-order valence-electron chi connectivity index (χ0n) is 7.30. The Labute approximate surface area is 92.1 Å². The zero-order valence-corrected chi connectivity index (χ0v) is 8.81. The molecule has 74 valence electrons. The Morgan fingerprint density at radius 3 is 2.57 bits per heavy atom.